The van der Waals surface area contributed by atoms with Crippen LogP contribution in [0.15, 0.2) is 24.3 Å². The molecule has 1 aromatic carbocycles. The molecule has 2 fully saturated rings. The molecule has 3 rings (SSSR count). The molecule has 6 heteroatoms. The monoisotopic (exact) mass is 326 g/mol. The summed E-state index contributed by atoms with van der Waals surface area (Å²) in [6.07, 6.45) is 1.58. The van der Waals surface area contributed by atoms with Crippen molar-refractivity contribution in [3.8, 4) is 6.07 Å². The van der Waals surface area contributed by atoms with E-state index in [9.17, 15) is 14.9 Å². The third-order valence-electron chi connectivity index (χ3n) is 4.85. The van der Waals surface area contributed by atoms with Gasteiger partial charge in [0.1, 0.15) is 6.07 Å². The van der Waals surface area contributed by atoms with Crippen LogP contribution < -0.4 is 4.90 Å². The number of likely N-dealkylation sites (tertiary alicyclic amines) is 1. The van der Waals surface area contributed by atoms with Gasteiger partial charge >= 0.3 is 0 Å². The Bertz CT molecular complexity index is 682. The minimum absolute atomic E-state index is 0.00329. The van der Waals surface area contributed by atoms with Gasteiger partial charge in [-0.2, -0.15) is 5.26 Å². The lowest BCUT2D eigenvalue weighted by Gasteiger charge is -2.40. The molecule has 2 aliphatic heterocycles. The second-order valence-electron chi connectivity index (χ2n) is 6.44. The predicted molar refractivity (Wildman–Crippen MR) is 90.4 cm³/mol. The van der Waals surface area contributed by atoms with Crippen LogP contribution in [-0.4, -0.2) is 60.4 Å². The van der Waals surface area contributed by atoms with Gasteiger partial charge in [0.25, 0.3) is 0 Å². The van der Waals surface area contributed by atoms with Gasteiger partial charge in [-0.3, -0.25) is 14.5 Å². The molecule has 2 saturated heterocycles. The first kappa shape index (κ1) is 16.5. The number of benzene rings is 1. The summed E-state index contributed by atoms with van der Waals surface area (Å²) in [5, 5.41) is 9.25. The number of nitriles is 1. The van der Waals surface area contributed by atoms with E-state index in [1.54, 1.807) is 17.0 Å². The predicted octanol–water partition coefficient (Wildman–Crippen LogP) is 1.22. The van der Waals surface area contributed by atoms with Crippen molar-refractivity contribution in [1.82, 2.24) is 9.80 Å². The first-order chi connectivity index (χ1) is 11.6. The van der Waals surface area contributed by atoms with Gasteiger partial charge < -0.3 is 9.80 Å². The van der Waals surface area contributed by atoms with E-state index in [0.29, 0.717) is 43.9 Å². The molecule has 0 radical (unpaired) electrons. The van der Waals surface area contributed by atoms with Crippen molar-refractivity contribution in [2.45, 2.75) is 25.8 Å². The van der Waals surface area contributed by atoms with E-state index in [2.05, 4.69) is 17.9 Å². The van der Waals surface area contributed by atoms with Crippen molar-refractivity contribution in [2.75, 3.05) is 37.6 Å². The Kier molecular flexibility index (Phi) is 4.81. The zero-order chi connectivity index (χ0) is 17.1. The van der Waals surface area contributed by atoms with Crippen LogP contribution in [0.2, 0.25) is 0 Å². The number of piperazine rings is 1. The number of hydrogen-bond donors (Lipinski definition) is 0. The Morgan fingerprint density at radius 2 is 2.00 bits per heavy atom. The maximum Gasteiger partial charge on any atom is 0.241 e. The fourth-order valence-electron chi connectivity index (χ4n) is 3.42. The van der Waals surface area contributed by atoms with Crippen molar-refractivity contribution >= 4 is 17.5 Å². The number of rotatable bonds is 4. The fraction of sp³-hybridized carbons (Fsp3) is 0.500. The van der Waals surface area contributed by atoms with Gasteiger partial charge in [0.05, 0.1) is 17.8 Å². The van der Waals surface area contributed by atoms with Crippen LogP contribution >= 0.6 is 0 Å². The van der Waals surface area contributed by atoms with E-state index in [-0.39, 0.29) is 17.9 Å². The Morgan fingerprint density at radius 3 is 2.71 bits per heavy atom. The smallest absolute Gasteiger partial charge is 0.241 e. The molecule has 126 valence electrons. The zero-order valence-corrected chi connectivity index (χ0v) is 13.9. The molecule has 0 spiro atoms. The van der Waals surface area contributed by atoms with Crippen LogP contribution in [0.4, 0.5) is 5.69 Å². The van der Waals surface area contributed by atoms with Crippen molar-refractivity contribution < 1.29 is 9.59 Å². The standard InChI is InChI=1S/C18H22N4O2/c1-14-12-22(16-6-3-2-5-15(16)11-19)18(24)13-21(14)10-9-20-8-4-7-17(20)23/h2-3,5-6,14H,4,7-10,12-13H2,1H3/t14-/m0/s1. The number of nitrogens with zero attached hydrogens (tertiary/aromatic N) is 4. The molecule has 0 unspecified atom stereocenters. The molecule has 0 aliphatic carbocycles. The first-order valence-corrected chi connectivity index (χ1v) is 8.41. The number of para-hydroxylation sites is 1. The lowest BCUT2D eigenvalue weighted by atomic mass is 10.1. The molecule has 2 heterocycles. The van der Waals surface area contributed by atoms with Gasteiger partial charge in [0.15, 0.2) is 0 Å². The molecule has 0 bridgehead atoms. The summed E-state index contributed by atoms with van der Waals surface area (Å²) in [4.78, 5) is 30.0. The average Bonchev–Trinajstić information content (AvgIpc) is 3.00. The Labute approximate surface area is 142 Å². The molecule has 0 saturated carbocycles. The van der Waals surface area contributed by atoms with Gasteiger partial charge in [-0.1, -0.05) is 12.1 Å². The molecule has 0 aromatic heterocycles. The third-order valence-corrected chi connectivity index (χ3v) is 4.85. The van der Waals surface area contributed by atoms with Gasteiger partial charge in [0, 0.05) is 38.6 Å². The lowest BCUT2D eigenvalue weighted by Crippen LogP contribution is -2.56. The van der Waals surface area contributed by atoms with Crippen LogP contribution in [0.5, 0.6) is 0 Å². The molecule has 6 nitrogen and oxygen atoms in total. The largest absolute Gasteiger partial charge is 0.341 e. The Hall–Kier alpha value is -2.39. The summed E-state index contributed by atoms with van der Waals surface area (Å²) in [6.45, 7) is 5.20. The highest BCUT2D eigenvalue weighted by Gasteiger charge is 2.32. The fourth-order valence-corrected chi connectivity index (χ4v) is 3.42. The lowest BCUT2D eigenvalue weighted by molar-refractivity contribution is -0.128. The van der Waals surface area contributed by atoms with E-state index < -0.39 is 0 Å². The molecular weight excluding hydrogens is 304 g/mol. The molecule has 2 amide bonds. The molecule has 0 N–H and O–H groups in total. The van der Waals surface area contributed by atoms with Crippen LogP contribution in [0.1, 0.15) is 25.3 Å². The van der Waals surface area contributed by atoms with Crippen LogP contribution in [-0.2, 0) is 9.59 Å². The third kappa shape index (κ3) is 3.26. The molecule has 2 aliphatic rings. The zero-order valence-electron chi connectivity index (χ0n) is 13.9. The Balaban J connectivity index is 1.65. The number of hydrogen-bond acceptors (Lipinski definition) is 4. The summed E-state index contributed by atoms with van der Waals surface area (Å²) in [5.74, 6) is 0.221. The van der Waals surface area contributed by atoms with Gasteiger partial charge in [-0.25, -0.2) is 0 Å². The summed E-state index contributed by atoms with van der Waals surface area (Å²) in [7, 11) is 0. The minimum atomic E-state index is 0.00329. The SMILES string of the molecule is C[C@H]1CN(c2ccccc2C#N)C(=O)CN1CCN1CCCC1=O. The Morgan fingerprint density at radius 1 is 1.21 bits per heavy atom. The summed E-state index contributed by atoms with van der Waals surface area (Å²) < 4.78 is 0. The second-order valence-corrected chi connectivity index (χ2v) is 6.44. The van der Waals surface area contributed by atoms with E-state index in [4.69, 9.17) is 0 Å². The normalized spacial score (nSPS) is 22.1. The number of carbonyl (C=O) groups is 2. The van der Waals surface area contributed by atoms with E-state index >= 15 is 0 Å². The van der Waals surface area contributed by atoms with Crippen molar-refractivity contribution in [3.05, 3.63) is 29.8 Å². The first-order valence-electron chi connectivity index (χ1n) is 8.41. The van der Waals surface area contributed by atoms with Crippen LogP contribution in [0.3, 0.4) is 0 Å². The van der Waals surface area contributed by atoms with Gasteiger partial charge in [-0.15, -0.1) is 0 Å². The topological polar surface area (TPSA) is 67.7 Å². The molecular formula is C18H22N4O2. The highest BCUT2D eigenvalue weighted by atomic mass is 16.2. The van der Waals surface area contributed by atoms with E-state index in [1.807, 2.05) is 17.0 Å². The van der Waals surface area contributed by atoms with Gasteiger partial charge in [-0.05, 0) is 25.5 Å². The van der Waals surface area contributed by atoms with Crippen molar-refractivity contribution in [1.29, 1.82) is 5.26 Å². The van der Waals surface area contributed by atoms with Crippen molar-refractivity contribution in [2.24, 2.45) is 0 Å². The van der Waals surface area contributed by atoms with E-state index in [1.165, 1.54) is 0 Å². The molecule has 1 atom stereocenters. The van der Waals surface area contributed by atoms with Crippen LogP contribution in [0, 0.1) is 11.3 Å². The number of amides is 2. The highest BCUT2D eigenvalue weighted by Crippen LogP contribution is 2.24. The maximum atomic E-state index is 12.6. The highest BCUT2D eigenvalue weighted by molar-refractivity contribution is 5.96. The van der Waals surface area contributed by atoms with Gasteiger partial charge in [0.2, 0.25) is 11.8 Å². The molecule has 24 heavy (non-hydrogen) atoms. The summed E-state index contributed by atoms with van der Waals surface area (Å²) in [5.41, 5.74) is 1.21. The maximum absolute atomic E-state index is 12.6. The number of anilines is 1. The molecule has 1 aromatic rings. The number of carbonyl (C=O) groups excluding carboxylic acids is 2. The summed E-state index contributed by atoms with van der Waals surface area (Å²) in [6, 6.07) is 9.55. The quantitative estimate of drug-likeness (QED) is 0.834. The summed E-state index contributed by atoms with van der Waals surface area (Å²) >= 11 is 0. The minimum Gasteiger partial charge on any atom is -0.341 e. The average molecular weight is 326 g/mol. The van der Waals surface area contributed by atoms with Crippen LogP contribution in [0.25, 0.3) is 0 Å². The van der Waals surface area contributed by atoms with E-state index in [0.717, 1.165) is 13.0 Å². The second kappa shape index (κ2) is 7.02. The van der Waals surface area contributed by atoms with Crippen molar-refractivity contribution in [3.63, 3.8) is 0 Å².